The number of hydrogen-bond donors (Lipinski definition) is 2. The minimum atomic E-state index is -2.83. The first-order valence-corrected chi connectivity index (χ1v) is 5.47. The SMILES string of the molecule is CC(C)S(=N)(=O)Nc1ncccn1. The molecule has 1 heterocycles. The van der Waals surface area contributed by atoms with Crippen LogP contribution < -0.4 is 4.72 Å². The summed E-state index contributed by atoms with van der Waals surface area (Å²) in [5.41, 5.74) is 0. The molecule has 0 aliphatic rings. The second kappa shape index (κ2) is 3.69. The molecule has 1 unspecified atom stereocenters. The van der Waals surface area contributed by atoms with Gasteiger partial charge in [-0.05, 0) is 19.9 Å². The van der Waals surface area contributed by atoms with E-state index in [1.807, 2.05) is 0 Å². The van der Waals surface area contributed by atoms with E-state index in [9.17, 15) is 4.21 Å². The van der Waals surface area contributed by atoms with Crippen molar-refractivity contribution in [2.45, 2.75) is 19.1 Å². The van der Waals surface area contributed by atoms with Crippen LogP contribution in [0.1, 0.15) is 13.8 Å². The maximum Gasteiger partial charge on any atom is 0.235 e. The Morgan fingerprint density at radius 2 is 2.00 bits per heavy atom. The second-order valence-electron chi connectivity index (χ2n) is 2.82. The minimum Gasteiger partial charge on any atom is -0.267 e. The van der Waals surface area contributed by atoms with Gasteiger partial charge >= 0.3 is 0 Å². The monoisotopic (exact) mass is 200 g/mol. The topological polar surface area (TPSA) is 78.7 Å². The first kappa shape index (κ1) is 9.91. The molecule has 0 aromatic carbocycles. The zero-order valence-electron chi connectivity index (χ0n) is 7.52. The van der Waals surface area contributed by atoms with Gasteiger partial charge in [-0.15, -0.1) is 0 Å². The van der Waals surface area contributed by atoms with Gasteiger partial charge in [0.15, 0.2) is 0 Å². The predicted molar refractivity (Wildman–Crippen MR) is 51.7 cm³/mol. The van der Waals surface area contributed by atoms with Crippen molar-refractivity contribution < 1.29 is 4.21 Å². The van der Waals surface area contributed by atoms with Gasteiger partial charge in [0.05, 0.1) is 5.25 Å². The van der Waals surface area contributed by atoms with Crippen LogP contribution in [0.5, 0.6) is 0 Å². The summed E-state index contributed by atoms with van der Waals surface area (Å²) >= 11 is 0. The molecule has 13 heavy (non-hydrogen) atoms. The lowest BCUT2D eigenvalue weighted by Gasteiger charge is -2.11. The van der Waals surface area contributed by atoms with Crippen molar-refractivity contribution >= 4 is 15.9 Å². The molecule has 5 nitrogen and oxygen atoms in total. The molecule has 72 valence electrons. The highest BCUT2D eigenvalue weighted by Gasteiger charge is 2.11. The molecule has 1 atom stereocenters. The standard InChI is InChI=1S/C7H12N4OS/c1-6(2)13(8,12)11-7-9-4-3-5-10-7/h3-6H,1-2H3,(H2,8,9,10,11,12). The van der Waals surface area contributed by atoms with E-state index in [4.69, 9.17) is 4.78 Å². The summed E-state index contributed by atoms with van der Waals surface area (Å²) < 4.78 is 21.5. The van der Waals surface area contributed by atoms with E-state index >= 15 is 0 Å². The fourth-order valence-corrected chi connectivity index (χ4v) is 1.22. The molecule has 0 saturated heterocycles. The lowest BCUT2D eigenvalue weighted by atomic mass is 10.6. The Balaban J connectivity index is 2.82. The van der Waals surface area contributed by atoms with Gasteiger partial charge in [0, 0.05) is 12.4 Å². The van der Waals surface area contributed by atoms with Crippen molar-refractivity contribution in [3.63, 3.8) is 0 Å². The summed E-state index contributed by atoms with van der Waals surface area (Å²) in [6.07, 6.45) is 3.07. The van der Waals surface area contributed by atoms with Crippen LogP contribution in [0.25, 0.3) is 0 Å². The molecular formula is C7H12N4OS. The van der Waals surface area contributed by atoms with Crippen molar-refractivity contribution in [1.29, 1.82) is 4.78 Å². The van der Waals surface area contributed by atoms with Crippen LogP contribution in [-0.2, 0) is 9.92 Å². The van der Waals surface area contributed by atoms with Gasteiger partial charge in [-0.25, -0.2) is 19.0 Å². The average Bonchev–Trinajstić information content (AvgIpc) is 2.05. The summed E-state index contributed by atoms with van der Waals surface area (Å²) in [7, 11) is -2.83. The first-order valence-electron chi connectivity index (χ1n) is 3.85. The average molecular weight is 200 g/mol. The Bertz CT molecular complexity index is 359. The van der Waals surface area contributed by atoms with Crippen LogP contribution >= 0.6 is 0 Å². The summed E-state index contributed by atoms with van der Waals surface area (Å²) in [6, 6.07) is 1.66. The summed E-state index contributed by atoms with van der Waals surface area (Å²) in [5, 5.41) is -0.267. The maximum atomic E-state index is 11.5. The van der Waals surface area contributed by atoms with Gasteiger partial charge < -0.3 is 0 Å². The molecular weight excluding hydrogens is 188 g/mol. The quantitative estimate of drug-likeness (QED) is 0.770. The highest BCUT2D eigenvalue weighted by molar-refractivity contribution is 7.94. The molecule has 1 rings (SSSR count). The smallest absolute Gasteiger partial charge is 0.235 e. The fraction of sp³-hybridized carbons (Fsp3) is 0.429. The number of aromatic nitrogens is 2. The number of nitrogens with zero attached hydrogens (tertiary/aromatic N) is 2. The molecule has 2 N–H and O–H groups in total. The molecule has 0 radical (unpaired) electrons. The Morgan fingerprint density at radius 3 is 2.46 bits per heavy atom. The molecule has 0 bridgehead atoms. The van der Waals surface area contributed by atoms with E-state index in [0.717, 1.165) is 0 Å². The number of anilines is 1. The fourth-order valence-electron chi connectivity index (χ4n) is 0.605. The Labute approximate surface area is 77.7 Å². The third-order valence-corrected chi connectivity index (χ3v) is 3.29. The highest BCUT2D eigenvalue weighted by Crippen LogP contribution is 2.05. The van der Waals surface area contributed by atoms with Gasteiger partial charge in [0.1, 0.15) is 9.92 Å². The maximum absolute atomic E-state index is 11.5. The van der Waals surface area contributed by atoms with Gasteiger partial charge in [-0.2, -0.15) is 0 Å². The van der Waals surface area contributed by atoms with E-state index in [0.29, 0.717) is 0 Å². The largest absolute Gasteiger partial charge is 0.267 e. The molecule has 0 saturated carbocycles. The summed E-state index contributed by atoms with van der Waals surface area (Å²) in [6.45, 7) is 3.43. The molecule has 1 aromatic heterocycles. The Hall–Kier alpha value is -1.17. The molecule has 0 fully saturated rings. The zero-order valence-corrected chi connectivity index (χ0v) is 8.34. The lowest BCUT2D eigenvalue weighted by molar-refractivity contribution is 0.671. The van der Waals surface area contributed by atoms with Crippen LogP contribution in [0.2, 0.25) is 0 Å². The van der Waals surface area contributed by atoms with E-state index in [1.165, 1.54) is 12.4 Å². The molecule has 1 aromatic rings. The molecule has 0 amide bonds. The molecule has 6 heteroatoms. The van der Waals surface area contributed by atoms with Crippen molar-refractivity contribution in [3.05, 3.63) is 18.5 Å². The van der Waals surface area contributed by atoms with Crippen molar-refractivity contribution in [2.24, 2.45) is 0 Å². The minimum absolute atomic E-state index is 0.233. The number of rotatable bonds is 3. The Morgan fingerprint density at radius 1 is 1.46 bits per heavy atom. The van der Waals surface area contributed by atoms with E-state index < -0.39 is 9.92 Å². The third kappa shape index (κ3) is 2.66. The van der Waals surface area contributed by atoms with Gasteiger partial charge in [0.2, 0.25) is 5.95 Å². The van der Waals surface area contributed by atoms with Crippen LogP contribution in [-0.4, -0.2) is 19.4 Å². The summed E-state index contributed by atoms with van der Waals surface area (Å²) in [4.78, 5) is 7.65. The first-order chi connectivity index (χ1) is 6.02. The summed E-state index contributed by atoms with van der Waals surface area (Å²) in [5.74, 6) is 0.233. The number of hydrogen-bond acceptors (Lipinski definition) is 4. The lowest BCUT2D eigenvalue weighted by Crippen LogP contribution is -2.22. The third-order valence-electron chi connectivity index (χ3n) is 1.47. The van der Waals surface area contributed by atoms with Gasteiger partial charge in [-0.1, -0.05) is 0 Å². The molecule has 0 aliphatic heterocycles. The number of nitrogens with one attached hydrogen (secondary N) is 2. The van der Waals surface area contributed by atoms with Crippen molar-refractivity contribution in [1.82, 2.24) is 9.97 Å². The zero-order chi connectivity index (χ0) is 9.90. The van der Waals surface area contributed by atoms with Crippen LogP contribution in [0.15, 0.2) is 18.5 Å². The van der Waals surface area contributed by atoms with E-state index in [-0.39, 0.29) is 11.2 Å². The normalized spacial score (nSPS) is 15.3. The van der Waals surface area contributed by atoms with Gasteiger partial charge in [0.25, 0.3) is 0 Å². The highest BCUT2D eigenvalue weighted by atomic mass is 32.2. The van der Waals surface area contributed by atoms with E-state index in [1.54, 1.807) is 19.9 Å². The molecule has 0 spiro atoms. The van der Waals surface area contributed by atoms with Gasteiger partial charge in [-0.3, -0.25) is 4.72 Å². The molecule has 0 aliphatic carbocycles. The predicted octanol–water partition coefficient (Wildman–Crippen LogP) is 1.26. The Kier molecular flexibility index (Phi) is 2.82. The van der Waals surface area contributed by atoms with Crippen molar-refractivity contribution in [3.8, 4) is 0 Å². The van der Waals surface area contributed by atoms with Crippen molar-refractivity contribution in [2.75, 3.05) is 4.72 Å². The van der Waals surface area contributed by atoms with Crippen LogP contribution in [0.4, 0.5) is 5.95 Å². The van der Waals surface area contributed by atoms with Crippen LogP contribution in [0.3, 0.4) is 0 Å². The van der Waals surface area contributed by atoms with Crippen LogP contribution in [0, 0.1) is 4.78 Å². The second-order valence-corrected chi connectivity index (χ2v) is 5.17. The van der Waals surface area contributed by atoms with E-state index in [2.05, 4.69) is 14.7 Å².